The van der Waals surface area contributed by atoms with Crippen LogP contribution in [0.5, 0.6) is 5.75 Å². The summed E-state index contributed by atoms with van der Waals surface area (Å²) in [5.74, 6) is 1.73. The summed E-state index contributed by atoms with van der Waals surface area (Å²) in [5.41, 5.74) is 0.903. The van der Waals surface area contributed by atoms with Crippen LogP contribution in [0.4, 0.5) is 11.5 Å². The van der Waals surface area contributed by atoms with Gasteiger partial charge in [0.2, 0.25) is 0 Å². The number of benzene rings is 1. The third-order valence-corrected chi connectivity index (χ3v) is 4.23. The number of thiocarbonyl (C=S) groups is 1. The molecule has 0 atom stereocenters. The van der Waals surface area contributed by atoms with E-state index in [4.69, 9.17) is 17.0 Å². The quantitative estimate of drug-likeness (QED) is 0.856. The van der Waals surface area contributed by atoms with Gasteiger partial charge < -0.3 is 19.9 Å². The van der Waals surface area contributed by atoms with Gasteiger partial charge in [0, 0.05) is 38.6 Å². The first-order valence-electron chi connectivity index (χ1n) is 8.06. The van der Waals surface area contributed by atoms with E-state index in [9.17, 15) is 0 Å². The van der Waals surface area contributed by atoms with Gasteiger partial charge in [-0.05, 0) is 31.3 Å². The highest BCUT2D eigenvalue weighted by Crippen LogP contribution is 2.24. The monoisotopic (exact) mass is 343 g/mol. The second kappa shape index (κ2) is 7.92. The molecule has 1 aliphatic heterocycles. The van der Waals surface area contributed by atoms with E-state index in [0.717, 1.165) is 48.5 Å². The molecule has 7 heteroatoms. The van der Waals surface area contributed by atoms with Gasteiger partial charge in [-0.3, -0.25) is 4.98 Å². The SMILES string of the molecule is CCOc1ccccc1NC(=S)N1CCN(c2cnccn2)CC1. The lowest BCUT2D eigenvalue weighted by Crippen LogP contribution is -2.50. The number of anilines is 2. The third-order valence-electron chi connectivity index (χ3n) is 3.87. The number of hydrogen-bond donors (Lipinski definition) is 1. The van der Waals surface area contributed by atoms with E-state index in [0.29, 0.717) is 6.61 Å². The summed E-state index contributed by atoms with van der Waals surface area (Å²) < 4.78 is 5.64. The van der Waals surface area contributed by atoms with Crippen molar-refractivity contribution in [2.45, 2.75) is 6.92 Å². The van der Waals surface area contributed by atoms with Crippen LogP contribution in [0.15, 0.2) is 42.9 Å². The van der Waals surface area contributed by atoms with E-state index in [2.05, 4.69) is 25.1 Å². The second-order valence-electron chi connectivity index (χ2n) is 5.40. The molecular formula is C17H21N5OS. The molecule has 0 aliphatic carbocycles. The van der Waals surface area contributed by atoms with Crippen LogP contribution < -0.4 is 15.0 Å². The number of nitrogens with one attached hydrogen (secondary N) is 1. The smallest absolute Gasteiger partial charge is 0.173 e. The van der Waals surface area contributed by atoms with Crippen molar-refractivity contribution in [2.75, 3.05) is 43.0 Å². The Morgan fingerprint density at radius 3 is 2.71 bits per heavy atom. The van der Waals surface area contributed by atoms with Gasteiger partial charge in [-0.15, -0.1) is 0 Å². The third kappa shape index (κ3) is 3.91. The molecule has 1 aromatic carbocycles. The summed E-state index contributed by atoms with van der Waals surface area (Å²) in [6, 6.07) is 7.85. The zero-order valence-electron chi connectivity index (χ0n) is 13.7. The molecule has 0 spiro atoms. The van der Waals surface area contributed by atoms with Crippen LogP contribution in [0.25, 0.3) is 0 Å². The number of piperazine rings is 1. The fourth-order valence-corrected chi connectivity index (χ4v) is 2.93. The molecule has 1 fully saturated rings. The minimum atomic E-state index is 0.627. The van der Waals surface area contributed by atoms with Gasteiger partial charge in [0.1, 0.15) is 11.6 Å². The van der Waals surface area contributed by atoms with Crippen LogP contribution in [0.3, 0.4) is 0 Å². The van der Waals surface area contributed by atoms with E-state index in [1.807, 2.05) is 31.2 Å². The van der Waals surface area contributed by atoms with Crippen LogP contribution in [0.1, 0.15) is 6.92 Å². The predicted molar refractivity (Wildman–Crippen MR) is 99.6 cm³/mol. The first-order valence-corrected chi connectivity index (χ1v) is 8.47. The Morgan fingerprint density at radius 1 is 1.21 bits per heavy atom. The Hall–Kier alpha value is -2.41. The summed E-state index contributed by atoms with van der Waals surface area (Å²) in [4.78, 5) is 12.9. The van der Waals surface area contributed by atoms with Crippen LogP contribution in [0, 0.1) is 0 Å². The molecule has 1 aromatic heterocycles. The van der Waals surface area contributed by atoms with Gasteiger partial charge in [0.05, 0.1) is 18.5 Å². The van der Waals surface area contributed by atoms with E-state index in [-0.39, 0.29) is 0 Å². The maximum atomic E-state index is 5.64. The Balaban J connectivity index is 1.58. The normalized spacial score (nSPS) is 14.4. The molecular weight excluding hydrogens is 322 g/mol. The molecule has 0 saturated carbocycles. The van der Waals surface area contributed by atoms with Crippen molar-refractivity contribution < 1.29 is 4.74 Å². The van der Waals surface area contributed by atoms with Gasteiger partial charge in [-0.2, -0.15) is 0 Å². The number of nitrogens with zero attached hydrogens (tertiary/aromatic N) is 4. The number of ether oxygens (including phenoxy) is 1. The molecule has 0 amide bonds. The average Bonchev–Trinajstić information content (AvgIpc) is 2.64. The molecule has 2 heterocycles. The fourth-order valence-electron chi connectivity index (χ4n) is 2.64. The molecule has 1 N–H and O–H groups in total. The van der Waals surface area contributed by atoms with Crippen LogP contribution >= 0.6 is 12.2 Å². The number of aromatic nitrogens is 2. The first-order chi connectivity index (χ1) is 11.8. The number of hydrogen-bond acceptors (Lipinski definition) is 5. The Kier molecular flexibility index (Phi) is 5.43. The van der Waals surface area contributed by atoms with Crippen molar-refractivity contribution >= 4 is 28.8 Å². The molecule has 3 rings (SSSR count). The van der Waals surface area contributed by atoms with Crippen molar-refractivity contribution in [3.8, 4) is 5.75 Å². The van der Waals surface area contributed by atoms with E-state index < -0.39 is 0 Å². The highest BCUT2D eigenvalue weighted by atomic mass is 32.1. The zero-order valence-corrected chi connectivity index (χ0v) is 14.5. The van der Waals surface area contributed by atoms with Crippen LogP contribution in [-0.2, 0) is 0 Å². The maximum Gasteiger partial charge on any atom is 0.173 e. The Labute approximate surface area is 147 Å². The highest BCUT2D eigenvalue weighted by molar-refractivity contribution is 7.80. The summed E-state index contributed by atoms with van der Waals surface area (Å²) in [5, 5.41) is 4.03. The minimum Gasteiger partial charge on any atom is -0.492 e. The standard InChI is InChI=1S/C17H21N5OS/c1-2-23-15-6-4-3-5-14(15)20-17(24)22-11-9-21(10-12-22)16-13-18-7-8-19-16/h3-8,13H,2,9-12H2,1H3,(H,20,24). The molecule has 24 heavy (non-hydrogen) atoms. The van der Waals surface area contributed by atoms with Gasteiger partial charge >= 0.3 is 0 Å². The van der Waals surface area contributed by atoms with Gasteiger partial charge in [-0.25, -0.2) is 4.98 Å². The lowest BCUT2D eigenvalue weighted by molar-refractivity contribution is 0.341. The minimum absolute atomic E-state index is 0.627. The predicted octanol–water partition coefficient (Wildman–Crippen LogP) is 2.39. The van der Waals surface area contributed by atoms with E-state index in [1.54, 1.807) is 18.6 Å². The first kappa shape index (κ1) is 16.4. The molecule has 126 valence electrons. The summed E-state index contributed by atoms with van der Waals surface area (Å²) >= 11 is 5.57. The molecule has 0 unspecified atom stereocenters. The van der Waals surface area contributed by atoms with E-state index in [1.165, 1.54) is 0 Å². The molecule has 6 nitrogen and oxygen atoms in total. The molecule has 1 aliphatic rings. The van der Waals surface area contributed by atoms with Crippen molar-refractivity contribution in [1.29, 1.82) is 0 Å². The summed E-state index contributed by atoms with van der Waals surface area (Å²) in [6.07, 6.45) is 5.21. The van der Waals surface area contributed by atoms with Crippen molar-refractivity contribution in [1.82, 2.24) is 14.9 Å². The van der Waals surface area contributed by atoms with E-state index >= 15 is 0 Å². The highest BCUT2D eigenvalue weighted by Gasteiger charge is 2.20. The van der Waals surface area contributed by atoms with Crippen LogP contribution in [0.2, 0.25) is 0 Å². The van der Waals surface area contributed by atoms with Gasteiger partial charge in [0.15, 0.2) is 5.11 Å². The van der Waals surface area contributed by atoms with Gasteiger partial charge in [-0.1, -0.05) is 12.1 Å². The number of rotatable bonds is 4. The molecule has 0 radical (unpaired) electrons. The van der Waals surface area contributed by atoms with Crippen molar-refractivity contribution in [2.24, 2.45) is 0 Å². The Bertz CT molecular complexity index is 674. The largest absolute Gasteiger partial charge is 0.492 e. The van der Waals surface area contributed by atoms with Crippen molar-refractivity contribution in [3.05, 3.63) is 42.9 Å². The molecule has 0 bridgehead atoms. The van der Waals surface area contributed by atoms with Crippen molar-refractivity contribution in [3.63, 3.8) is 0 Å². The molecule has 1 saturated heterocycles. The average molecular weight is 343 g/mol. The topological polar surface area (TPSA) is 53.5 Å². The fraction of sp³-hybridized carbons (Fsp3) is 0.353. The lowest BCUT2D eigenvalue weighted by atomic mass is 10.3. The Morgan fingerprint density at radius 2 is 2.00 bits per heavy atom. The van der Waals surface area contributed by atoms with Crippen LogP contribution in [-0.4, -0.2) is 52.8 Å². The summed E-state index contributed by atoms with van der Waals surface area (Å²) in [6.45, 7) is 6.03. The van der Waals surface area contributed by atoms with Gasteiger partial charge in [0.25, 0.3) is 0 Å². The maximum absolute atomic E-state index is 5.64. The summed E-state index contributed by atoms with van der Waals surface area (Å²) in [7, 11) is 0. The number of para-hydroxylation sites is 2. The molecule has 2 aromatic rings. The second-order valence-corrected chi connectivity index (χ2v) is 5.78. The lowest BCUT2D eigenvalue weighted by Gasteiger charge is -2.36. The zero-order chi connectivity index (χ0) is 16.8.